The maximum absolute atomic E-state index is 5.60. The zero-order valence-electron chi connectivity index (χ0n) is 7.28. The molecule has 0 radical (unpaired) electrons. The standard InChI is InChI=1S/C9H16ClN/c1-7(10)5-11-6-8-4-9(8,2)3/h8,11H,1,4-6H2,2-3H3. The maximum atomic E-state index is 5.60. The zero-order chi connectivity index (χ0) is 8.48. The minimum absolute atomic E-state index is 0.570. The molecule has 0 aromatic heterocycles. The molecule has 0 aliphatic heterocycles. The van der Waals surface area contributed by atoms with Crippen molar-refractivity contribution in [2.75, 3.05) is 13.1 Å². The van der Waals surface area contributed by atoms with Crippen molar-refractivity contribution >= 4 is 11.6 Å². The third-order valence-corrected chi connectivity index (χ3v) is 2.56. The quantitative estimate of drug-likeness (QED) is 0.689. The van der Waals surface area contributed by atoms with Crippen molar-refractivity contribution in [2.24, 2.45) is 11.3 Å². The summed E-state index contributed by atoms with van der Waals surface area (Å²) in [6.45, 7) is 10.0. The molecule has 1 saturated carbocycles. The van der Waals surface area contributed by atoms with Crippen LogP contribution >= 0.6 is 11.6 Å². The minimum atomic E-state index is 0.570. The summed E-state index contributed by atoms with van der Waals surface area (Å²) in [6.07, 6.45) is 1.34. The molecule has 1 atom stereocenters. The molecule has 1 aliphatic rings. The molecule has 0 saturated heterocycles. The smallest absolute Gasteiger partial charge is 0.0307 e. The van der Waals surface area contributed by atoms with Crippen LogP contribution in [0.4, 0.5) is 0 Å². The van der Waals surface area contributed by atoms with E-state index in [0.29, 0.717) is 10.4 Å². The molecule has 1 nitrogen and oxygen atoms in total. The maximum Gasteiger partial charge on any atom is 0.0307 e. The first-order chi connectivity index (χ1) is 5.02. The first kappa shape index (κ1) is 9.08. The molecular weight excluding hydrogens is 158 g/mol. The van der Waals surface area contributed by atoms with Crippen molar-refractivity contribution in [3.63, 3.8) is 0 Å². The van der Waals surface area contributed by atoms with Crippen LogP contribution in [-0.2, 0) is 0 Å². The lowest BCUT2D eigenvalue weighted by Crippen LogP contribution is -2.19. The summed E-state index contributed by atoms with van der Waals surface area (Å²) in [5.41, 5.74) is 0.570. The molecule has 0 heterocycles. The van der Waals surface area contributed by atoms with Gasteiger partial charge in [0, 0.05) is 11.6 Å². The van der Waals surface area contributed by atoms with Crippen molar-refractivity contribution in [1.29, 1.82) is 0 Å². The molecular formula is C9H16ClN. The molecule has 1 unspecified atom stereocenters. The van der Waals surface area contributed by atoms with Gasteiger partial charge in [0.15, 0.2) is 0 Å². The van der Waals surface area contributed by atoms with Gasteiger partial charge < -0.3 is 5.32 Å². The van der Waals surface area contributed by atoms with E-state index < -0.39 is 0 Å². The Morgan fingerprint density at radius 1 is 1.73 bits per heavy atom. The third kappa shape index (κ3) is 2.84. The Kier molecular flexibility index (Phi) is 2.61. The monoisotopic (exact) mass is 173 g/mol. The number of halogens is 1. The van der Waals surface area contributed by atoms with Crippen molar-refractivity contribution in [2.45, 2.75) is 20.3 Å². The van der Waals surface area contributed by atoms with Gasteiger partial charge in [-0.3, -0.25) is 0 Å². The Morgan fingerprint density at radius 2 is 2.27 bits per heavy atom. The summed E-state index contributed by atoms with van der Waals surface area (Å²) in [5, 5.41) is 3.97. The van der Waals surface area contributed by atoms with Crippen LogP contribution < -0.4 is 5.32 Å². The molecule has 0 aromatic carbocycles. The largest absolute Gasteiger partial charge is 0.312 e. The van der Waals surface area contributed by atoms with Gasteiger partial charge in [0.1, 0.15) is 0 Å². The van der Waals surface area contributed by atoms with Gasteiger partial charge >= 0.3 is 0 Å². The fourth-order valence-electron chi connectivity index (χ4n) is 1.31. The molecule has 0 spiro atoms. The van der Waals surface area contributed by atoms with Crippen LogP contribution in [-0.4, -0.2) is 13.1 Å². The van der Waals surface area contributed by atoms with Crippen LogP contribution in [0.2, 0.25) is 0 Å². The van der Waals surface area contributed by atoms with E-state index in [0.717, 1.165) is 19.0 Å². The van der Waals surface area contributed by atoms with Crippen LogP contribution in [0, 0.1) is 11.3 Å². The first-order valence-corrected chi connectivity index (χ1v) is 4.44. The predicted molar refractivity (Wildman–Crippen MR) is 49.8 cm³/mol. The van der Waals surface area contributed by atoms with Gasteiger partial charge in [0.25, 0.3) is 0 Å². The highest BCUT2D eigenvalue weighted by Crippen LogP contribution is 2.50. The average Bonchev–Trinajstić information content (AvgIpc) is 2.39. The fourth-order valence-corrected chi connectivity index (χ4v) is 1.40. The van der Waals surface area contributed by atoms with E-state index >= 15 is 0 Å². The van der Waals surface area contributed by atoms with Gasteiger partial charge in [-0.2, -0.15) is 0 Å². The molecule has 0 bridgehead atoms. The molecule has 11 heavy (non-hydrogen) atoms. The van der Waals surface area contributed by atoms with E-state index in [1.54, 1.807) is 0 Å². The van der Waals surface area contributed by atoms with Crippen molar-refractivity contribution < 1.29 is 0 Å². The topological polar surface area (TPSA) is 12.0 Å². The number of rotatable bonds is 4. The summed E-state index contributed by atoms with van der Waals surface area (Å²) < 4.78 is 0. The Hall–Kier alpha value is -0.0100. The predicted octanol–water partition coefficient (Wildman–Crippen LogP) is 2.37. The van der Waals surface area contributed by atoms with Crippen molar-refractivity contribution in [3.8, 4) is 0 Å². The van der Waals surface area contributed by atoms with Crippen LogP contribution in [0.15, 0.2) is 11.6 Å². The molecule has 0 amide bonds. The van der Waals surface area contributed by atoms with Gasteiger partial charge in [0.05, 0.1) is 0 Å². The zero-order valence-corrected chi connectivity index (χ0v) is 8.04. The summed E-state index contributed by atoms with van der Waals surface area (Å²) in [4.78, 5) is 0. The van der Waals surface area contributed by atoms with Crippen LogP contribution in [0.25, 0.3) is 0 Å². The minimum Gasteiger partial charge on any atom is -0.312 e. The summed E-state index contributed by atoms with van der Waals surface area (Å²) in [7, 11) is 0. The normalized spacial score (nSPS) is 26.6. The molecule has 1 N–H and O–H groups in total. The Morgan fingerprint density at radius 3 is 2.64 bits per heavy atom. The molecule has 1 fully saturated rings. The lowest BCUT2D eigenvalue weighted by atomic mass is 10.1. The van der Waals surface area contributed by atoms with Gasteiger partial charge in [-0.1, -0.05) is 32.0 Å². The van der Waals surface area contributed by atoms with E-state index in [4.69, 9.17) is 11.6 Å². The first-order valence-electron chi connectivity index (χ1n) is 4.06. The second-order valence-electron chi connectivity index (χ2n) is 4.04. The Bertz CT molecular complexity index is 163. The lowest BCUT2D eigenvalue weighted by molar-refractivity contribution is 0.531. The SMILES string of the molecule is C=C(Cl)CNCC1CC1(C)C. The molecule has 64 valence electrons. The summed E-state index contributed by atoms with van der Waals surface area (Å²) in [6, 6.07) is 0. The van der Waals surface area contributed by atoms with Crippen molar-refractivity contribution in [1.82, 2.24) is 5.32 Å². The Balaban J connectivity index is 2.02. The van der Waals surface area contributed by atoms with Crippen LogP contribution in [0.5, 0.6) is 0 Å². The van der Waals surface area contributed by atoms with Crippen LogP contribution in [0.3, 0.4) is 0 Å². The van der Waals surface area contributed by atoms with Crippen LogP contribution in [0.1, 0.15) is 20.3 Å². The lowest BCUT2D eigenvalue weighted by Gasteiger charge is -2.04. The number of hydrogen-bond donors (Lipinski definition) is 1. The van der Waals surface area contributed by atoms with E-state index in [1.807, 2.05) is 0 Å². The van der Waals surface area contributed by atoms with E-state index in [9.17, 15) is 0 Å². The molecule has 1 aliphatic carbocycles. The van der Waals surface area contributed by atoms with Gasteiger partial charge in [-0.25, -0.2) is 0 Å². The molecule has 1 rings (SSSR count). The highest BCUT2D eigenvalue weighted by Gasteiger charge is 2.44. The van der Waals surface area contributed by atoms with E-state index in [-0.39, 0.29) is 0 Å². The average molecular weight is 174 g/mol. The van der Waals surface area contributed by atoms with Gasteiger partial charge in [-0.15, -0.1) is 0 Å². The number of nitrogens with one attached hydrogen (secondary N) is 1. The Labute approximate surface area is 73.8 Å². The van der Waals surface area contributed by atoms with E-state index in [1.165, 1.54) is 6.42 Å². The highest BCUT2D eigenvalue weighted by molar-refractivity contribution is 6.29. The summed E-state index contributed by atoms with van der Waals surface area (Å²) in [5.74, 6) is 0.846. The second-order valence-corrected chi connectivity index (χ2v) is 4.57. The number of hydrogen-bond acceptors (Lipinski definition) is 1. The molecule has 2 heteroatoms. The highest BCUT2D eigenvalue weighted by atomic mass is 35.5. The van der Waals surface area contributed by atoms with Gasteiger partial charge in [-0.05, 0) is 24.3 Å². The molecule has 0 aromatic rings. The summed E-state index contributed by atoms with van der Waals surface area (Å²) >= 11 is 5.60. The fraction of sp³-hybridized carbons (Fsp3) is 0.778. The van der Waals surface area contributed by atoms with Crippen molar-refractivity contribution in [3.05, 3.63) is 11.6 Å². The second kappa shape index (κ2) is 3.16. The third-order valence-electron chi connectivity index (χ3n) is 2.43. The van der Waals surface area contributed by atoms with E-state index in [2.05, 4.69) is 25.7 Å². The van der Waals surface area contributed by atoms with Gasteiger partial charge in [0.2, 0.25) is 0 Å².